The van der Waals surface area contributed by atoms with Crippen LogP contribution in [-0.2, 0) is 11.3 Å². The number of benzene rings is 2. The predicted octanol–water partition coefficient (Wildman–Crippen LogP) is 4.09. The molecule has 2 fully saturated rings. The van der Waals surface area contributed by atoms with Gasteiger partial charge in [-0.3, -0.25) is 0 Å². The number of rotatable bonds is 4. The van der Waals surface area contributed by atoms with E-state index in [1.807, 2.05) is 24.3 Å². The highest BCUT2D eigenvalue weighted by Gasteiger charge is 2.57. The molecule has 2 aliphatic rings. The lowest BCUT2D eigenvalue weighted by molar-refractivity contribution is 0.0545. The zero-order valence-corrected chi connectivity index (χ0v) is 14.0. The smallest absolute Gasteiger partial charge is 0.253 e. The van der Waals surface area contributed by atoms with Gasteiger partial charge in [0.05, 0.1) is 0 Å². The molecule has 3 aromatic rings. The third-order valence-electron chi connectivity index (χ3n) is 5.54. The minimum atomic E-state index is 0.300. The molecule has 1 atom stereocenters. The van der Waals surface area contributed by atoms with Crippen LogP contribution in [0.4, 0.5) is 0 Å². The molecule has 5 rings (SSSR count). The van der Waals surface area contributed by atoms with E-state index in [0.717, 1.165) is 49.5 Å². The van der Waals surface area contributed by atoms with E-state index < -0.39 is 0 Å². The number of fused-ring (bicyclic) bond motifs is 1. The third kappa shape index (κ3) is 2.78. The van der Waals surface area contributed by atoms with Gasteiger partial charge in [0.2, 0.25) is 5.89 Å². The first-order chi connectivity index (χ1) is 12.3. The van der Waals surface area contributed by atoms with E-state index in [0.29, 0.717) is 23.8 Å². The Labute approximate surface area is 146 Å². The van der Waals surface area contributed by atoms with E-state index in [9.17, 15) is 0 Å². The average Bonchev–Trinajstić information content (AvgIpc) is 3.14. The van der Waals surface area contributed by atoms with Gasteiger partial charge in [0.15, 0.2) is 6.61 Å². The second-order valence-corrected chi connectivity index (χ2v) is 7.06. The molecule has 5 nitrogen and oxygen atoms in total. The molecule has 25 heavy (non-hydrogen) atoms. The first-order valence-corrected chi connectivity index (χ1v) is 8.84. The number of hydrogen-bond donors (Lipinski definition) is 0. The lowest BCUT2D eigenvalue weighted by atomic mass is 9.94. The number of hydrogen-bond acceptors (Lipinski definition) is 5. The lowest BCUT2D eigenvalue weighted by Gasteiger charge is -2.21. The van der Waals surface area contributed by atoms with Crippen LogP contribution in [0.5, 0.6) is 5.75 Å². The quantitative estimate of drug-likeness (QED) is 0.718. The highest BCUT2D eigenvalue weighted by Crippen LogP contribution is 2.64. The van der Waals surface area contributed by atoms with Gasteiger partial charge in [0.1, 0.15) is 5.75 Å². The highest BCUT2D eigenvalue weighted by molar-refractivity contribution is 5.83. The molecule has 1 spiro atoms. The Kier molecular flexibility index (Phi) is 3.48. The van der Waals surface area contributed by atoms with E-state index in [4.69, 9.17) is 13.9 Å². The van der Waals surface area contributed by atoms with Crippen LogP contribution in [-0.4, -0.2) is 23.4 Å². The van der Waals surface area contributed by atoms with Crippen molar-refractivity contribution in [2.24, 2.45) is 5.41 Å². The van der Waals surface area contributed by atoms with Crippen LogP contribution in [0, 0.1) is 5.41 Å². The molecule has 1 saturated carbocycles. The Balaban J connectivity index is 1.25. The van der Waals surface area contributed by atoms with Crippen LogP contribution >= 0.6 is 0 Å². The zero-order valence-electron chi connectivity index (χ0n) is 14.0. The fourth-order valence-corrected chi connectivity index (χ4v) is 3.90. The van der Waals surface area contributed by atoms with E-state index in [2.05, 4.69) is 28.4 Å². The van der Waals surface area contributed by atoms with E-state index in [1.165, 1.54) is 5.39 Å². The van der Waals surface area contributed by atoms with Crippen molar-refractivity contribution in [3.8, 4) is 5.75 Å². The van der Waals surface area contributed by atoms with Gasteiger partial charge in [-0.05, 0) is 47.6 Å². The maximum atomic E-state index is 5.86. The molecule has 0 radical (unpaired) electrons. The van der Waals surface area contributed by atoms with Crippen LogP contribution < -0.4 is 4.74 Å². The summed E-state index contributed by atoms with van der Waals surface area (Å²) in [6.07, 6.45) is 3.34. The first-order valence-electron chi connectivity index (χ1n) is 8.84. The largest absolute Gasteiger partial charge is 0.484 e. The van der Waals surface area contributed by atoms with Crippen LogP contribution in [0.2, 0.25) is 0 Å². The summed E-state index contributed by atoms with van der Waals surface area (Å²) >= 11 is 0. The second kappa shape index (κ2) is 5.85. The first kappa shape index (κ1) is 14.9. The average molecular weight is 336 g/mol. The molecule has 0 bridgehead atoms. The van der Waals surface area contributed by atoms with E-state index >= 15 is 0 Å². The monoisotopic (exact) mass is 336 g/mol. The SMILES string of the molecule is c1ccc2cc(OCc3nnc([C@H]4CC45CCOCC5)o3)ccc2c1. The van der Waals surface area contributed by atoms with Gasteiger partial charge in [0.25, 0.3) is 5.89 Å². The van der Waals surface area contributed by atoms with Gasteiger partial charge in [-0.25, -0.2) is 0 Å². The summed E-state index contributed by atoms with van der Waals surface area (Å²) in [5.41, 5.74) is 0.348. The Morgan fingerprint density at radius 2 is 1.88 bits per heavy atom. The topological polar surface area (TPSA) is 57.4 Å². The third-order valence-corrected chi connectivity index (χ3v) is 5.54. The molecule has 1 saturated heterocycles. The van der Waals surface area contributed by atoms with Crippen molar-refractivity contribution in [1.82, 2.24) is 10.2 Å². The summed E-state index contributed by atoms with van der Waals surface area (Å²) in [6.45, 7) is 2.00. The summed E-state index contributed by atoms with van der Waals surface area (Å²) in [5, 5.41) is 10.8. The molecule has 1 aliphatic carbocycles. The molecule has 2 heterocycles. The highest BCUT2D eigenvalue weighted by atomic mass is 16.5. The van der Waals surface area contributed by atoms with E-state index in [1.54, 1.807) is 0 Å². The Hall–Kier alpha value is -2.40. The van der Waals surface area contributed by atoms with Crippen LogP contribution in [0.3, 0.4) is 0 Å². The second-order valence-electron chi connectivity index (χ2n) is 7.06. The van der Waals surface area contributed by atoms with Crippen molar-refractivity contribution in [2.75, 3.05) is 13.2 Å². The Morgan fingerprint density at radius 3 is 2.76 bits per heavy atom. The summed E-state index contributed by atoms with van der Waals surface area (Å²) < 4.78 is 17.2. The van der Waals surface area contributed by atoms with Crippen molar-refractivity contribution in [3.63, 3.8) is 0 Å². The molecular formula is C20H20N2O3. The maximum Gasteiger partial charge on any atom is 0.253 e. The summed E-state index contributed by atoms with van der Waals surface area (Å²) in [5.74, 6) is 2.51. The van der Waals surface area contributed by atoms with Gasteiger partial charge in [-0.2, -0.15) is 0 Å². The molecule has 0 amide bonds. The molecule has 0 N–H and O–H groups in total. The molecule has 5 heteroatoms. The number of ether oxygens (including phenoxy) is 2. The van der Waals surface area contributed by atoms with E-state index in [-0.39, 0.29) is 0 Å². The molecule has 0 unspecified atom stereocenters. The Bertz CT molecular complexity index is 899. The minimum absolute atomic E-state index is 0.300. The molecular weight excluding hydrogens is 316 g/mol. The lowest BCUT2D eigenvalue weighted by Crippen LogP contribution is -2.18. The van der Waals surface area contributed by atoms with Crippen molar-refractivity contribution in [1.29, 1.82) is 0 Å². The fourth-order valence-electron chi connectivity index (χ4n) is 3.90. The standard InChI is InChI=1S/C20H20N2O3/c1-2-4-15-11-16(6-5-14(15)3-1)24-13-18-21-22-19(25-18)17-12-20(17)7-9-23-10-8-20/h1-6,11,17H,7-10,12-13H2/t17-/m1/s1. The van der Waals surface area contributed by atoms with Gasteiger partial charge in [-0.1, -0.05) is 30.3 Å². The van der Waals surface area contributed by atoms with Gasteiger partial charge in [0, 0.05) is 19.1 Å². The summed E-state index contributed by atoms with van der Waals surface area (Å²) in [4.78, 5) is 0. The predicted molar refractivity (Wildman–Crippen MR) is 92.4 cm³/mol. The molecule has 1 aromatic heterocycles. The normalized spacial score (nSPS) is 21.5. The zero-order chi connectivity index (χ0) is 16.7. The van der Waals surface area contributed by atoms with Crippen LogP contribution in [0.15, 0.2) is 46.9 Å². The Morgan fingerprint density at radius 1 is 1.04 bits per heavy atom. The van der Waals surface area contributed by atoms with Crippen LogP contribution in [0.1, 0.15) is 37.0 Å². The van der Waals surface area contributed by atoms with Crippen molar-refractivity contribution >= 4 is 10.8 Å². The fraction of sp³-hybridized carbons (Fsp3) is 0.400. The molecule has 2 aromatic carbocycles. The van der Waals surface area contributed by atoms with Gasteiger partial charge in [-0.15, -0.1) is 10.2 Å². The van der Waals surface area contributed by atoms with Gasteiger partial charge < -0.3 is 13.9 Å². The van der Waals surface area contributed by atoms with Crippen molar-refractivity contribution < 1.29 is 13.9 Å². The van der Waals surface area contributed by atoms with Crippen molar-refractivity contribution in [3.05, 3.63) is 54.2 Å². The number of nitrogens with zero attached hydrogens (tertiary/aromatic N) is 2. The molecule has 1 aliphatic heterocycles. The number of aromatic nitrogens is 2. The maximum absolute atomic E-state index is 5.86. The summed E-state index contributed by atoms with van der Waals surface area (Å²) in [6, 6.07) is 14.3. The van der Waals surface area contributed by atoms with Crippen molar-refractivity contribution in [2.45, 2.75) is 31.8 Å². The van der Waals surface area contributed by atoms with Gasteiger partial charge >= 0.3 is 0 Å². The van der Waals surface area contributed by atoms with Crippen LogP contribution in [0.25, 0.3) is 10.8 Å². The molecule has 128 valence electrons. The summed E-state index contributed by atoms with van der Waals surface area (Å²) in [7, 11) is 0. The minimum Gasteiger partial charge on any atom is -0.484 e.